The third kappa shape index (κ3) is 8.98. The minimum Gasteiger partial charge on any atom is -0.759 e. The van der Waals surface area contributed by atoms with Gasteiger partial charge in [-0.1, -0.05) is 0 Å². The van der Waals surface area contributed by atoms with Crippen LogP contribution < -0.4 is 14.4 Å². The average molecular weight is 403 g/mol. The Kier molecular flexibility index (Phi) is 8.87. The molecule has 0 amide bonds. The first-order chi connectivity index (χ1) is 12.5. The van der Waals surface area contributed by atoms with E-state index in [4.69, 9.17) is 31.7 Å². The van der Waals surface area contributed by atoms with E-state index in [0.717, 1.165) is 37.7 Å². The summed E-state index contributed by atoms with van der Waals surface area (Å²) in [6.45, 7) is 11.1. The molecule has 0 spiro atoms. The quantitative estimate of drug-likeness (QED) is 0.435. The summed E-state index contributed by atoms with van der Waals surface area (Å²) in [4.78, 5) is 4.63. The minimum atomic E-state index is -5.17. The van der Waals surface area contributed by atoms with Gasteiger partial charge in [-0.15, -0.1) is 0 Å². The van der Waals surface area contributed by atoms with E-state index in [1.807, 2.05) is 33.8 Å². The number of hydrogen-bond acceptors (Lipinski definition) is 8. The fraction of sp³-hybridized carbons (Fsp3) is 0.625. The standard InChI is InChI=1S/C16H24N3O3.H2O4S/c1-11(2)21-15-10-14(19-5-7-20-8-6-19)16(22-12(3)4)9-13(15)18-17;1-5(2,3)4/h9-12H,5-8H2,1-4H3;(H2,1,2,3,4)/q+1;/p-1. The SMILES string of the molecule is CC(C)Oc1cc([NH+]2CCOCC2)c(OC(C)C)cc1[N+]#N.O=S(=O)([O-])[O-]. The number of hydrogen-bond donors (Lipinski definition) is 1. The Balaban J connectivity index is 0.000000646. The molecule has 0 aliphatic carbocycles. The van der Waals surface area contributed by atoms with Crippen LogP contribution in [0.1, 0.15) is 27.7 Å². The van der Waals surface area contributed by atoms with Crippen LogP contribution in [0.2, 0.25) is 0 Å². The number of nitrogens with one attached hydrogen (secondary N) is 1. The summed E-state index contributed by atoms with van der Waals surface area (Å²) in [6.07, 6.45) is 0.0486. The van der Waals surface area contributed by atoms with Crippen molar-refractivity contribution < 1.29 is 36.6 Å². The molecule has 2 rings (SSSR count). The Bertz CT molecular complexity index is 746. The molecule has 1 aliphatic rings. The third-order valence-corrected chi connectivity index (χ3v) is 3.37. The number of nitrogens with zero attached hydrogens (tertiary/aromatic N) is 2. The Morgan fingerprint density at radius 1 is 1.07 bits per heavy atom. The molecule has 1 aromatic rings. The number of diazo groups is 1. The largest absolute Gasteiger partial charge is 0.759 e. The van der Waals surface area contributed by atoms with Crippen molar-refractivity contribution in [3.05, 3.63) is 17.1 Å². The lowest BCUT2D eigenvalue weighted by Crippen LogP contribution is -3.09. The van der Waals surface area contributed by atoms with Gasteiger partial charge in [0.25, 0.3) is 0 Å². The first-order valence-electron chi connectivity index (χ1n) is 8.47. The van der Waals surface area contributed by atoms with Crippen molar-refractivity contribution in [2.45, 2.75) is 39.9 Å². The van der Waals surface area contributed by atoms with Gasteiger partial charge in [0.05, 0.1) is 37.6 Å². The molecule has 1 aliphatic heterocycles. The van der Waals surface area contributed by atoms with Crippen molar-refractivity contribution in [2.24, 2.45) is 0 Å². The van der Waals surface area contributed by atoms with Gasteiger partial charge in [0, 0.05) is 10.4 Å². The van der Waals surface area contributed by atoms with Gasteiger partial charge < -0.3 is 23.3 Å². The Labute approximate surface area is 159 Å². The second-order valence-electron chi connectivity index (χ2n) is 6.37. The molecule has 0 bridgehead atoms. The van der Waals surface area contributed by atoms with Gasteiger partial charge in [-0.3, -0.25) is 13.3 Å². The molecule has 1 aromatic carbocycles. The summed E-state index contributed by atoms with van der Waals surface area (Å²) in [5, 5.41) is 9.25. The first-order valence-corrected chi connectivity index (χ1v) is 9.80. The molecular formula is C16H25N3O7S. The van der Waals surface area contributed by atoms with Crippen LogP contribution in [0.5, 0.6) is 11.5 Å². The van der Waals surface area contributed by atoms with Crippen LogP contribution in [-0.2, 0) is 15.1 Å². The molecule has 0 radical (unpaired) electrons. The van der Waals surface area contributed by atoms with E-state index in [1.54, 1.807) is 6.07 Å². The molecule has 0 saturated carbocycles. The summed E-state index contributed by atoms with van der Waals surface area (Å²) >= 11 is 0. The van der Waals surface area contributed by atoms with Crippen molar-refractivity contribution in [2.75, 3.05) is 26.3 Å². The molecule has 1 fully saturated rings. The zero-order chi connectivity index (χ0) is 20.6. The molecule has 10 nitrogen and oxygen atoms in total. The van der Waals surface area contributed by atoms with Gasteiger partial charge in [0.2, 0.25) is 11.1 Å². The Morgan fingerprint density at radius 2 is 1.56 bits per heavy atom. The van der Waals surface area contributed by atoms with Crippen LogP contribution in [0.25, 0.3) is 4.98 Å². The van der Waals surface area contributed by atoms with Crippen LogP contribution in [0, 0.1) is 5.39 Å². The summed E-state index contributed by atoms with van der Waals surface area (Å²) < 4.78 is 51.2. The van der Waals surface area contributed by atoms with E-state index < -0.39 is 10.4 Å². The molecule has 1 saturated heterocycles. The average Bonchev–Trinajstić information content (AvgIpc) is 2.54. The van der Waals surface area contributed by atoms with E-state index >= 15 is 0 Å². The predicted molar refractivity (Wildman–Crippen MR) is 94.4 cm³/mol. The zero-order valence-corrected chi connectivity index (χ0v) is 16.6. The topological polar surface area (TPSA) is 141 Å². The fourth-order valence-electron chi connectivity index (χ4n) is 2.49. The van der Waals surface area contributed by atoms with Crippen LogP contribution in [0.4, 0.5) is 11.4 Å². The van der Waals surface area contributed by atoms with Crippen LogP contribution in [-0.4, -0.2) is 56.0 Å². The molecule has 27 heavy (non-hydrogen) atoms. The molecular weight excluding hydrogens is 378 g/mol. The molecule has 0 atom stereocenters. The summed E-state index contributed by atoms with van der Waals surface area (Å²) in [5.41, 5.74) is 1.42. The molecule has 11 heteroatoms. The maximum Gasteiger partial charge on any atom is 0.430 e. The fourth-order valence-corrected chi connectivity index (χ4v) is 2.49. The highest BCUT2D eigenvalue weighted by Crippen LogP contribution is 2.37. The van der Waals surface area contributed by atoms with Gasteiger partial charge in [-0.2, -0.15) is 0 Å². The van der Waals surface area contributed by atoms with Crippen molar-refractivity contribution in [3.8, 4) is 11.5 Å². The number of ether oxygens (including phenoxy) is 3. The maximum atomic E-state index is 9.25. The Morgan fingerprint density at radius 3 is 2.00 bits per heavy atom. The first kappa shape index (κ1) is 23.1. The van der Waals surface area contributed by atoms with E-state index in [1.165, 1.54) is 4.90 Å². The minimum absolute atomic E-state index is 0.00454. The van der Waals surface area contributed by atoms with Crippen molar-refractivity contribution in [1.82, 2.24) is 0 Å². The highest BCUT2D eigenvalue weighted by Gasteiger charge is 2.29. The third-order valence-electron chi connectivity index (χ3n) is 3.37. The summed E-state index contributed by atoms with van der Waals surface area (Å²) in [5.74, 6) is 1.30. The van der Waals surface area contributed by atoms with Gasteiger partial charge in [0.1, 0.15) is 13.1 Å². The lowest BCUT2D eigenvalue weighted by Gasteiger charge is -2.25. The van der Waals surface area contributed by atoms with Crippen molar-refractivity contribution in [3.63, 3.8) is 0 Å². The predicted octanol–water partition coefficient (Wildman–Crippen LogP) is 0.954. The lowest BCUT2D eigenvalue weighted by atomic mass is 10.2. The van der Waals surface area contributed by atoms with Gasteiger partial charge >= 0.3 is 5.69 Å². The second kappa shape index (κ2) is 10.4. The van der Waals surface area contributed by atoms with Gasteiger partial charge in [-0.25, -0.2) is 0 Å². The molecule has 152 valence electrons. The number of benzene rings is 1. The normalized spacial score (nSPS) is 15.1. The molecule has 0 aromatic heterocycles. The smallest absolute Gasteiger partial charge is 0.430 e. The second-order valence-corrected chi connectivity index (χ2v) is 7.19. The van der Waals surface area contributed by atoms with E-state index in [9.17, 15) is 5.39 Å². The summed E-state index contributed by atoms with van der Waals surface area (Å²) in [6, 6.07) is 3.67. The van der Waals surface area contributed by atoms with E-state index in [0.29, 0.717) is 11.4 Å². The van der Waals surface area contributed by atoms with E-state index in [-0.39, 0.29) is 12.2 Å². The molecule has 1 N–H and O–H groups in total. The van der Waals surface area contributed by atoms with Crippen molar-refractivity contribution >= 4 is 21.8 Å². The highest BCUT2D eigenvalue weighted by molar-refractivity contribution is 7.79. The molecule has 1 heterocycles. The van der Waals surface area contributed by atoms with Gasteiger partial charge in [-0.05, 0) is 27.7 Å². The lowest BCUT2D eigenvalue weighted by molar-refractivity contribution is -0.842. The van der Waals surface area contributed by atoms with Crippen LogP contribution >= 0.6 is 0 Å². The monoisotopic (exact) mass is 403 g/mol. The van der Waals surface area contributed by atoms with Crippen LogP contribution in [0.3, 0.4) is 0 Å². The van der Waals surface area contributed by atoms with Crippen LogP contribution in [0.15, 0.2) is 12.1 Å². The summed E-state index contributed by atoms with van der Waals surface area (Å²) in [7, 11) is -5.17. The number of rotatable bonds is 5. The Hall–Kier alpha value is -1.97. The maximum absolute atomic E-state index is 9.25. The molecule has 0 unspecified atom stereocenters. The van der Waals surface area contributed by atoms with Crippen molar-refractivity contribution in [1.29, 1.82) is 5.39 Å². The van der Waals surface area contributed by atoms with Gasteiger partial charge in [0.15, 0.2) is 16.4 Å². The number of morpholine rings is 1. The number of quaternary nitrogens is 1. The zero-order valence-electron chi connectivity index (χ0n) is 15.8. The highest BCUT2D eigenvalue weighted by atomic mass is 32.3. The van der Waals surface area contributed by atoms with E-state index in [2.05, 4.69) is 4.98 Å².